The first-order chi connectivity index (χ1) is 8.34. The first-order valence-corrected chi connectivity index (χ1v) is 5.22. The van der Waals surface area contributed by atoms with Crippen molar-refractivity contribution < 1.29 is 4.42 Å². The lowest BCUT2D eigenvalue weighted by molar-refractivity contribution is 0.581. The van der Waals surface area contributed by atoms with Crippen LogP contribution in [0.2, 0.25) is 0 Å². The van der Waals surface area contributed by atoms with Crippen molar-refractivity contribution in [3.63, 3.8) is 0 Å². The van der Waals surface area contributed by atoms with Gasteiger partial charge in [-0.25, -0.2) is 0 Å². The van der Waals surface area contributed by atoms with Crippen molar-refractivity contribution in [3.8, 4) is 17.0 Å². The Bertz CT molecular complexity index is 614. The molecule has 0 atom stereocenters. The molecule has 0 N–H and O–H groups in total. The Morgan fingerprint density at radius 1 is 1.24 bits per heavy atom. The summed E-state index contributed by atoms with van der Waals surface area (Å²) in [5, 5.41) is 11.2. The third-order valence-electron chi connectivity index (χ3n) is 2.53. The molecule has 0 spiro atoms. The smallest absolute Gasteiger partial charge is 0.143 e. The molecule has 3 aromatic rings. The Morgan fingerprint density at radius 2 is 2.18 bits per heavy atom. The summed E-state index contributed by atoms with van der Waals surface area (Å²) in [6.45, 7) is 2.04. The van der Waals surface area contributed by atoms with E-state index in [0.717, 1.165) is 22.6 Å². The number of rotatable bonds is 2. The summed E-state index contributed by atoms with van der Waals surface area (Å²) >= 11 is 0. The van der Waals surface area contributed by atoms with Gasteiger partial charge in [0.25, 0.3) is 0 Å². The molecule has 0 saturated heterocycles. The maximum absolute atomic E-state index is 5.43. The highest BCUT2D eigenvalue weighted by Crippen LogP contribution is 2.27. The monoisotopic (exact) mass is 226 g/mol. The summed E-state index contributed by atoms with van der Waals surface area (Å²) in [4.78, 5) is 0. The van der Waals surface area contributed by atoms with E-state index in [1.54, 1.807) is 17.3 Å². The highest BCUT2D eigenvalue weighted by Gasteiger charge is 2.10. The molecule has 84 valence electrons. The Morgan fingerprint density at radius 3 is 2.88 bits per heavy atom. The molecule has 0 aliphatic carbocycles. The largest absolute Gasteiger partial charge is 0.464 e. The topological polar surface area (TPSA) is 56.7 Å². The van der Waals surface area contributed by atoms with Crippen molar-refractivity contribution in [3.05, 3.63) is 48.5 Å². The van der Waals surface area contributed by atoms with E-state index in [0.29, 0.717) is 0 Å². The molecule has 0 amide bonds. The number of hydrogen-bond donors (Lipinski definition) is 0. The first kappa shape index (κ1) is 9.77. The minimum atomic E-state index is 0.805. The molecule has 2 heterocycles. The fourth-order valence-electron chi connectivity index (χ4n) is 1.75. The van der Waals surface area contributed by atoms with E-state index in [9.17, 15) is 0 Å². The maximum Gasteiger partial charge on any atom is 0.143 e. The van der Waals surface area contributed by atoms with Gasteiger partial charge in [0.1, 0.15) is 12.1 Å². The third kappa shape index (κ3) is 1.71. The van der Waals surface area contributed by atoms with Crippen molar-refractivity contribution in [1.82, 2.24) is 20.2 Å². The molecule has 5 heteroatoms. The molecular weight excluding hydrogens is 216 g/mol. The number of hydrogen-bond acceptors (Lipinski definition) is 4. The van der Waals surface area contributed by atoms with Crippen molar-refractivity contribution in [2.24, 2.45) is 0 Å². The summed E-state index contributed by atoms with van der Waals surface area (Å²) in [5.41, 5.74) is 3.03. The SMILES string of the molecule is Cc1ccc(-n2cnnn2)c(-c2ccco2)c1. The lowest BCUT2D eigenvalue weighted by Gasteiger charge is -2.07. The van der Waals surface area contributed by atoms with E-state index in [-0.39, 0.29) is 0 Å². The second-order valence-electron chi connectivity index (χ2n) is 3.75. The minimum absolute atomic E-state index is 0.805. The highest BCUT2D eigenvalue weighted by atomic mass is 16.3. The fourth-order valence-corrected chi connectivity index (χ4v) is 1.75. The van der Waals surface area contributed by atoms with Gasteiger partial charge in [-0.05, 0) is 41.6 Å². The zero-order chi connectivity index (χ0) is 11.7. The molecular formula is C12H10N4O. The number of aryl methyl sites for hydroxylation is 1. The molecule has 0 saturated carbocycles. The van der Waals surface area contributed by atoms with E-state index < -0.39 is 0 Å². The maximum atomic E-state index is 5.43. The lowest BCUT2D eigenvalue weighted by atomic mass is 10.1. The zero-order valence-corrected chi connectivity index (χ0v) is 9.24. The average molecular weight is 226 g/mol. The summed E-state index contributed by atoms with van der Waals surface area (Å²) in [6, 6.07) is 9.83. The third-order valence-corrected chi connectivity index (χ3v) is 2.53. The molecule has 0 aliphatic heterocycles. The van der Waals surface area contributed by atoms with Crippen LogP contribution in [0.4, 0.5) is 0 Å². The molecule has 0 aliphatic rings. The van der Waals surface area contributed by atoms with E-state index >= 15 is 0 Å². The zero-order valence-electron chi connectivity index (χ0n) is 9.24. The van der Waals surface area contributed by atoms with Crippen LogP contribution < -0.4 is 0 Å². The van der Waals surface area contributed by atoms with E-state index in [1.165, 1.54) is 0 Å². The van der Waals surface area contributed by atoms with Gasteiger partial charge in [0.2, 0.25) is 0 Å². The van der Waals surface area contributed by atoms with Crippen LogP contribution in [0.5, 0.6) is 0 Å². The first-order valence-electron chi connectivity index (χ1n) is 5.22. The van der Waals surface area contributed by atoms with Gasteiger partial charge in [-0.2, -0.15) is 4.68 Å². The minimum Gasteiger partial charge on any atom is -0.464 e. The molecule has 1 aromatic carbocycles. The van der Waals surface area contributed by atoms with Crippen molar-refractivity contribution in [1.29, 1.82) is 0 Å². The van der Waals surface area contributed by atoms with Crippen LogP contribution in [0.25, 0.3) is 17.0 Å². The quantitative estimate of drug-likeness (QED) is 0.672. The van der Waals surface area contributed by atoms with Crippen LogP contribution >= 0.6 is 0 Å². The molecule has 17 heavy (non-hydrogen) atoms. The number of benzene rings is 1. The van der Waals surface area contributed by atoms with Crippen LogP contribution in [-0.2, 0) is 0 Å². The molecule has 0 unspecified atom stereocenters. The summed E-state index contributed by atoms with van der Waals surface area (Å²) < 4.78 is 7.05. The Labute approximate surface area is 97.7 Å². The molecule has 0 fully saturated rings. The van der Waals surface area contributed by atoms with Crippen LogP contribution in [-0.4, -0.2) is 20.2 Å². The van der Waals surface area contributed by atoms with Crippen LogP contribution in [0, 0.1) is 6.92 Å². The van der Waals surface area contributed by atoms with Crippen LogP contribution in [0.1, 0.15) is 5.56 Å². The van der Waals surface area contributed by atoms with Gasteiger partial charge in [0.05, 0.1) is 12.0 Å². The van der Waals surface area contributed by atoms with Gasteiger partial charge in [0, 0.05) is 5.56 Å². The number of furan rings is 1. The van der Waals surface area contributed by atoms with Crippen molar-refractivity contribution >= 4 is 0 Å². The fraction of sp³-hybridized carbons (Fsp3) is 0.0833. The summed E-state index contributed by atoms with van der Waals surface area (Å²) in [6.07, 6.45) is 3.22. The molecule has 0 bridgehead atoms. The standard InChI is InChI=1S/C12H10N4O/c1-9-4-5-11(16-8-13-14-15-16)10(7-9)12-3-2-6-17-12/h2-8H,1H3. The van der Waals surface area contributed by atoms with Gasteiger partial charge in [0.15, 0.2) is 0 Å². The molecule has 5 nitrogen and oxygen atoms in total. The number of tetrazole rings is 1. The molecule has 0 radical (unpaired) electrons. The van der Waals surface area contributed by atoms with Crippen LogP contribution in [0.15, 0.2) is 47.3 Å². The predicted octanol–water partition coefficient (Wildman–Crippen LogP) is 2.23. The average Bonchev–Trinajstić information content (AvgIpc) is 3.02. The van der Waals surface area contributed by atoms with E-state index in [2.05, 4.69) is 21.6 Å². The second kappa shape index (κ2) is 3.86. The van der Waals surface area contributed by atoms with Gasteiger partial charge in [-0.3, -0.25) is 0 Å². The Kier molecular flexibility index (Phi) is 2.22. The van der Waals surface area contributed by atoms with Crippen molar-refractivity contribution in [2.75, 3.05) is 0 Å². The predicted molar refractivity (Wildman–Crippen MR) is 61.6 cm³/mol. The van der Waals surface area contributed by atoms with Gasteiger partial charge < -0.3 is 4.42 Å². The highest BCUT2D eigenvalue weighted by molar-refractivity contribution is 5.69. The van der Waals surface area contributed by atoms with Gasteiger partial charge in [-0.15, -0.1) is 5.10 Å². The molecule has 3 rings (SSSR count). The molecule has 2 aromatic heterocycles. The lowest BCUT2D eigenvalue weighted by Crippen LogP contribution is -1.98. The van der Waals surface area contributed by atoms with E-state index in [1.807, 2.05) is 31.2 Å². The second-order valence-corrected chi connectivity index (χ2v) is 3.75. The van der Waals surface area contributed by atoms with Gasteiger partial charge in [-0.1, -0.05) is 11.6 Å². The Hall–Kier alpha value is -2.43. The van der Waals surface area contributed by atoms with E-state index in [4.69, 9.17) is 4.42 Å². The summed E-state index contributed by atoms with van der Waals surface area (Å²) in [5.74, 6) is 0.805. The van der Waals surface area contributed by atoms with Crippen LogP contribution in [0.3, 0.4) is 0 Å². The van der Waals surface area contributed by atoms with Crippen molar-refractivity contribution in [2.45, 2.75) is 6.92 Å². The number of nitrogens with zero attached hydrogens (tertiary/aromatic N) is 4. The summed E-state index contributed by atoms with van der Waals surface area (Å²) in [7, 11) is 0. The normalized spacial score (nSPS) is 10.6. The number of aromatic nitrogens is 4. The van der Waals surface area contributed by atoms with Gasteiger partial charge >= 0.3 is 0 Å². The Balaban J connectivity index is 2.22.